The van der Waals surface area contributed by atoms with Crippen molar-refractivity contribution in [2.24, 2.45) is 0 Å². The van der Waals surface area contributed by atoms with E-state index in [-0.39, 0.29) is 11.9 Å². The molecular formula is C35H47N4O2S+. The van der Waals surface area contributed by atoms with E-state index in [2.05, 4.69) is 92.6 Å². The van der Waals surface area contributed by atoms with Gasteiger partial charge in [0.25, 0.3) is 5.91 Å². The van der Waals surface area contributed by atoms with Crippen molar-refractivity contribution in [3.63, 3.8) is 0 Å². The lowest BCUT2D eigenvalue weighted by molar-refractivity contribution is -0.903. The van der Waals surface area contributed by atoms with Gasteiger partial charge in [-0.25, -0.2) is 0 Å². The molecule has 1 saturated heterocycles. The first-order valence-electron chi connectivity index (χ1n) is 15.8. The zero-order valence-corrected chi connectivity index (χ0v) is 26.6. The fraction of sp³-hybridized carbons (Fsp3) is 0.457. The number of allylic oxidation sites excluding steroid dienone is 1. The molecule has 7 heteroatoms. The number of hydrogen-bond donors (Lipinski definition) is 2. The average Bonchev–Trinajstić information content (AvgIpc) is 3.03. The summed E-state index contributed by atoms with van der Waals surface area (Å²) in [5.74, 6) is 2.75. The first kappa shape index (κ1) is 30.5. The molecule has 0 saturated carbocycles. The zero-order chi connectivity index (χ0) is 29.6. The van der Waals surface area contributed by atoms with Crippen molar-refractivity contribution in [2.75, 3.05) is 69.6 Å². The number of piperazine rings is 1. The number of amides is 1. The van der Waals surface area contributed by atoms with Crippen LogP contribution in [0.3, 0.4) is 0 Å². The number of quaternary nitrogens is 1. The molecule has 0 aromatic heterocycles. The van der Waals surface area contributed by atoms with Crippen molar-refractivity contribution in [1.82, 2.24) is 9.80 Å². The Bertz CT molecular complexity index is 1350. The van der Waals surface area contributed by atoms with Crippen molar-refractivity contribution < 1.29 is 14.4 Å². The molecule has 1 unspecified atom stereocenters. The standard InChI is InChI=1S/C35H46N4O2S/c1-5-37(6-2)26-14-16-30-32(24-26)41-33-25-27(38(7-3)8-4)15-17-31(33)34(30)28-12-9-10-13-29(28)35(40)39-21-19-36(20-22-39)18-11-23-42/h9-10,12-17,24-26,42H,5-8,11,18-23H2,1-4H3/p+1. The van der Waals surface area contributed by atoms with Gasteiger partial charge in [-0.15, -0.1) is 0 Å². The summed E-state index contributed by atoms with van der Waals surface area (Å²) in [6, 6.07) is 14.9. The molecule has 1 atom stereocenters. The third kappa shape index (κ3) is 6.19. The quantitative estimate of drug-likeness (QED) is 0.379. The minimum atomic E-state index is 0.117. The summed E-state index contributed by atoms with van der Waals surface area (Å²) in [6.45, 7) is 17.2. The van der Waals surface area contributed by atoms with Crippen molar-refractivity contribution >= 4 is 29.8 Å². The first-order chi connectivity index (χ1) is 20.5. The maximum Gasteiger partial charge on any atom is 0.254 e. The van der Waals surface area contributed by atoms with Gasteiger partial charge in [-0.2, -0.15) is 12.6 Å². The number of benzene rings is 2. The predicted octanol–water partition coefficient (Wildman–Crippen LogP) is 4.55. The minimum Gasteiger partial charge on any atom is -0.456 e. The van der Waals surface area contributed by atoms with Crippen molar-refractivity contribution in [3.05, 3.63) is 88.7 Å². The Kier molecular flexibility index (Phi) is 10.1. The van der Waals surface area contributed by atoms with Gasteiger partial charge in [0.05, 0.1) is 38.8 Å². The molecular weight excluding hydrogens is 540 g/mol. The molecule has 5 rings (SSSR count). The number of fused-ring (bicyclic) bond motifs is 2. The van der Waals surface area contributed by atoms with Crippen molar-refractivity contribution in [2.45, 2.75) is 40.2 Å². The highest BCUT2D eigenvalue weighted by Gasteiger charge is 2.32. The predicted molar refractivity (Wildman–Crippen MR) is 177 cm³/mol. The van der Waals surface area contributed by atoms with Gasteiger partial charge in [-0.1, -0.05) is 44.2 Å². The van der Waals surface area contributed by atoms with Crippen LogP contribution in [0.1, 0.15) is 55.6 Å². The van der Waals surface area contributed by atoms with E-state index >= 15 is 0 Å². The third-order valence-corrected chi connectivity index (χ3v) is 9.32. The first-order valence-corrected chi connectivity index (χ1v) is 16.4. The van der Waals surface area contributed by atoms with Gasteiger partial charge >= 0.3 is 0 Å². The number of likely N-dealkylation sites (N-methyl/N-ethyl adjacent to an activating group) is 1. The van der Waals surface area contributed by atoms with Crippen LogP contribution in [0.15, 0.2) is 72.0 Å². The lowest BCUT2D eigenvalue weighted by Gasteiger charge is -2.34. The van der Waals surface area contributed by atoms with Crippen LogP contribution in [0.5, 0.6) is 5.75 Å². The number of ether oxygens (including phenoxy) is 1. The Morgan fingerprint density at radius 3 is 2.43 bits per heavy atom. The van der Waals surface area contributed by atoms with Crippen LogP contribution in [0.2, 0.25) is 0 Å². The number of nitrogens with one attached hydrogen (secondary N) is 1. The average molecular weight is 588 g/mol. The van der Waals surface area contributed by atoms with E-state index in [4.69, 9.17) is 4.74 Å². The van der Waals surface area contributed by atoms with E-state index in [0.29, 0.717) is 0 Å². The van der Waals surface area contributed by atoms with Crippen molar-refractivity contribution in [1.29, 1.82) is 0 Å². The van der Waals surface area contributed by atoms with E-state index < -0.39 is 0 Å². The van der Waals surface area contributed by atoms with Crippen LogP contribution in [-0.4, -0.2) is 86.4 Å². The smallest absolute Gasteiger partial charge is 0.254 e. The van der Waals surface area contributed by atoms with Crippen LogP contribution in [0, 0.1) is 0 Å². The normalized spacial score (nSPS) is 18.5. The molecule has 0 spiro atoms. The number of nitrogens with zero attached hydrogens (tertiary/aromatic N) is 3. The van der Waals surface area contributed by atoms with E-state index in [1.54, 1.807) is 4.90 Å². The molecule has 3 aliphatic rings. The monoisotopic (exact) mass is 587 g/mol. The minimum absolute atomic E-state index is 0.117. The summed E-state index contributed by atoms with van der Waals surface area (Å²) in [4.78, 5) is 22.5. The second kappa shape index (κ2) is 14.0. The number of rotatable bonds is 11. The SMILES string of the molecule is CCN(CC)c1ccc2c(c1)OC1=CC(N(CC)CC)C=CC1=C2c1ccccc1C(=O)N1CC[NH+](CCCS)CC1. The highest BCUT2D eigenvalue weighted by Crippen LogP contribution is 2.45. The summed E-state index contributed by atoms with van der Waals surface area (Å²) in [5.41, 5.74) is 6.03. The summed E-state index contributed by atoms with van der Waals surface area (Å²) in [5, 5.41) is 0. The number of carbonyl (C=O) groups is 1. The molecule has 2 aromatic rings. The van der Waals surface area contributed by atoms with Crippen LogP contribution >= 0.6 is 12.6 Å². The molecule has 2 aliphatic heterocycles. The number of hydrogen-bond acceptors (Lipinski definition) is 5. The molecule has 1 N–H and O–H groups in total. The second-order valence-electron chi connectivity index (χ2n) is 11.3. The summed E-state index contributed by atoms with van der Waals surface area (Å²) < 4.78 is 6.69. The van der Waals surface area contributed by atoms with Gasteiger partial charge in [-0.3, -0.25) is 9.69 Å². The Morgan fingerprint density at radius 2 is 1.74 bits per heavy atom. The maximum atomic E-state index is 14.1. The number of carbonyl (C=O) groups excluding carboxylic acids is 1. The molecule has 6 nitrogen and oxygen atoms in total. The highest BCUT2D eigenvalue weighted by molar-refractivity contribution is 7.80. The lowest BCUT2D eigenvalue weighted by Crippen LogP contribution is -3.14. The highest BCUT2D eigenvalue weighted by atomic mass is 32.1. The topological polar surface area (TPSA) is 40.5 Å². The molecule has 2 heterocycles. The van der Waals surface area contributed by atoms with Crippen molar-refractivity contribution in [3.8, 4) is 5.75 Å². The van der Waals surface area contributed by atoms with Crippen LogP contribution in [0.4, 0.5) is 5.69 Å². The molecule has 42 heavy (non-hydrogen) atoms. The molecule has 2 aromatic carbocycles. The molecule has 1 amide bonds. The van der Waals surface area contributed by atoms with Gasteiger partial charge < -0.3 is 19.4 Å². The molecule has 224 valence electrons. The van der Waals surface area contributed by atoms with E-state index in [1.165, 1.54) is 0 Å². The van der Waals surface area contributed by atoms with Crippen LogP contribution in [0.25, 0.3) is 5.57 Å². The fourth-order valence-electron chi connectivity index (χ4n) is 6.55. The van der Waals surface area contributed by atoms with Gasteiger partial charge in [0.2, 0.25) is 0 Å². The largest absolute Gasteiger partial charge is 0.456 e. The molecule has 0 bridgehead atoms. The zero-order valence-electron chi connectivity index (χ0n) is 25.7. The Hall–Kier alpha value is -3.00. The van der Waals surface area contributed by atoms with E-state index in [9.17, 15) is 4.79 Å². The van der Waals surface area contributed by atoms with Crippen LogP contribution in [-0.2, 0) is 0 Å². The number of thiol groups is 1. The molecule has 1 aliphatic carbocycles. The number of anilines is 1. The summed E-state index contributed by atoms with van der Waals surface area (Å²) >= 11 is 4.38. The second-order valence-corrected chi connectivity index (χ2v) is 11.7. The fourth-order valence-corrected chi connectivity index (χ4v) is 6.71. The van der Waals surface area contributed by atoms with Gasteiger partial charge in [0.15, 0.2) is 0 Å². The Labute approximate surface area is 257 Å². The van der Waals surface area contributed by atoms with E-state index in [0.717, 1.165) is 116 Å². The Morgan fingerprint density at radius 1 is 1.00 bits per heavy atom. The summed E-state index contributed by atoms with van der Waals surface area (Å²) in [6.07, 6.45) is 7.83. The molecule has 1 fully saturated rings. The third-order valence-electron chi connectivity index (χ3n) is 9.01. The van der Waals surface area contributed by atoms with Crippen LogP contribution < -0.4 is 14.5 Å². The Balaban J connectivity index is 1.57. The van der Waals surface area contributed by atoms with Gasteiger partial charge in [0, 0.05) is 53.5 Å². The lowest BCUT2D eigenvalue weighted by atomic mass is 9.84. The summed E-state index contributed by atoms with van der Waals surface area (Å²) in [7, 11) is 0. The maximum absolute atomic E-state index is 14.1. The van der Waals surface area contributed by atoms with Gasteiger partial charge in [0.1, 0.15) is 11.5 Å². The van der Waals surface area contributed by atoms with E-state index in [1.807, 2.05) is 23.1 Å². The molecule has 0 radical (unpaired) electrons. The van der Waals surface area contributed by atoms with Gasteiger partial charge in [-0.05, 0) is 62.5 Å².